The van der Waals surface area contributed by atoms with Gasteiger partial charge >= 0.3 is 0 Å². The smallest absolute Gasteiger partial charge is 0.246 e. The molecule has 3 nitrogen and oxygen atoms in total. The number of hydrogen-bond acceptors (Lipinski definition) is 3. The number of nitrogens with zero attached hydrogens (tertiary/aromatic N) is 2. The zero-order valence-electron chi connectivity index (χ0n) is 11.8. The molecule has 1 aromatic heterocycles. The number of likely N-dealkylation sites (tertiary alicyclic amines) is 2. The fourth-order valence-corrected chi connectivity index (χ4v) is 3.84. The van der Waals surface area contributed by atoms with Gasteiger partial charge in [-0.3, -0.25) is 4.79 Å². The Labute approximate surface area is 124 Å². The van der Waals surface area contributed by atoms with Gasteiger partial charge in [-0.15, -0.1) is 0 Å². The van der Waals surface area contributed by atoms with Crippen LogP contribution in [0, 0.1) is 0 Å². The van der Waals surface area contributed by atoms with Crippen LogP contribution in [0.2, 0.25) is 0 Å². The van der Waals surface area contributed by atoms with Crippen LogP contribution in [-0.4, -0.2) is 47.9 Å². The van der Waals surface area contributed by atoms with E-state index in [1.807, 2.05) is 17.5 Å². The van der Waals surface area contributed by atoms with Gasteiger partial charge in [0.25, 0.3) is 0 Å². The maximum atomic E-state index is 12.3. The minimum absolute atomic E-state index is 0.179. The van der Waals surface area contributed by atoms with Crippen molar-refractivity contribution in [1.82, 2.24) is 9.80 Å². The van der Waals surface area contributed by atoms with Gasteiger partial charge in [-0.2, -0.15) is 11.3 Å². The Morgan fingerprint density at radius 2 is 2.15 bits per heavy atom. The number of amides is 1. The number of carbonyl (C=O) groups is 1. The SMILES string of the molecule is O=C(C=Cc1ccsc1)N1CCC[C@H]1CN1CCCC1. The lowest BCUT2D eigenvalue weighted by Gasteiger charge is -2.27. The Kier molecular flexibility index (Phi) is 4.53. The topological polar surface area (TPSA) is 23.6 Å². The molecule has 0 spiro atoms. The van der Waals surface area contributed by atoms with Gasteiger partial charge in [0.05, 0.1) is 0 Å². The van der Waals surface area contributed by atoms with E-state index in [2.05, 4.69) is 15.2 Å². The molecule has 0 bridgehead atoms. The van der Waals surface area contributed by atoms with Crippen LogP contribution in [0.25, 0.3) is 6.08 Å². The molecule has 0 saturated carbocycles. The maximum absolute atomic E-state index is 12.3. The molecule has 0 aromatic carbocycles. The molecule has 0 N–H and O–H groups in total. The summed E-state index contributed by atoms with van der Waals surface area (Å²) < 4.78 is 0. The second-order valence-electron chi connectivity index (χ2n) is 5.73. The Morgan fingerprint density at radius 1 is 1.30 bits per heavy atom. The van der Waals surface area contributed by atoms with Gasteiger partial charge in [-0.1, -0.05) is 0 Å². The third-order valence-electron chi connectivity index (χ3n) is 4.29. The predicted octanol–water partition coefficient (Wildman–Crippen LogP) is 2.85. The molecule has 2 aliphatic heterocycles. The van der Waals surface area contributed by atoms with Crippen LogP contribution in [0.15, 0.2) is 22.9 Å². The summed E-state index contributed by atoms with van der Waals surface area (Å²) in [6.45, 7) is 4.41. The van der Waals surface area contributed by atoms with E-state index in [4.69, 9.17) is 0 Å². The summed E-state index contributed by atoms with van der Waals surface area (Å²) in [6, 6.07) is 2.47. The third kappa shape index (κ3) is 3.30. The molecule has 2 saturated heterocycles. The standard InChI is InChI=1S/C16H22N2OS/c19-16(6-5-14-7-11-20-13-14)18-10-3-4-15(18)12-17-8-1-2-9-17/h5-7,11,13,15H,1-4,8-10,12H2/t15-/m0/s1. The molecule has 2 fully saturated rings. The largest absolute Gasteiger partial charge is 0.335 e. The van der Waals surface area contributed by atoms with Gasteiger partial charge in [0.2, 0.25) is 5.91 Å². The highest BCUT2D eigenvalue weighted by Crippen LogP contribution is 2.21. The van der Waals surface area contributed by atoms with E-state index in [9.17, 15) is 4.79 Å². The fourth-order valence-electron chi connectivity index (χ4n) is 3.21. The van der Waals surface area contributed by atoms with Crippen LogP contribution < -0.4 is 0 Å². The maximum Gasteiger partial charge on any atom is 0.246 e. The summed E-state index contributed by atoms with van der Waals surface area (Å²) in [4.78, 5) is 16.9. The van der Waals surface area contributed by atoms with Gasteiger partial charge in [-0.25, -0.2) is 0 Å². The Morgan fingerprint density at radius 3 is 2.90 bits per heavy atom. The Bertz CT molecular complexity index is 463. The van der Waals surface area contributed by atoms with Crippen molar-refractivity contribution >= 4 is 23.3 Å². The fraction of sp³-hybridized carbons (Fsp3) is 0.562. The second kappa shape index (κ2) is 6.55. The van der Waals surface area contributed by atoms with Crippen molar-refractivity contribution in [3.05, 3.63) is 28.5 Å². The molecule has 3 rings (SSSR count). The van der Waals surface area contributed by atoms with Crippen molar-refractivity contribution < 1.29 is 4.79 Å². The Balaban J connectivity index is 1.58. The minimum atomic E-state index is 0.179. The Hall–Kier alpha value is -1.13. The van der Waals surface area contributed by atoms with E-state index in [-0.39, 0.29) is 5.91 Å². The number of rotatable bonds is 4. The predicted molar refractivity (Wildman–Crippen MR) is 83.8 cm³/mol. The summed E-state index contributed by atoms with van der Waals surface area (Å²) in [5, 5.41) is 4.10. The first kappa shape index (κ1) is 13.8. The number of thiophene rings is 1. The molecule has 1 atom stereocenters. The molecule has 4 heteroatoms. The van der Waals surface area contributed by atoms with Crippen LogP contribution in [0.3, 0.4) is 0 Å². The molecule has 3 heterocycles. The van der Waals surface area contributed by atoms with Crippen molar-refractivity contribution in [1.29, 1.82) is 0 Å². The normalized spacial score (nSPS) is 24.0. The van der Waals surface area contributed by atoms with Crippen molar-refractivity contribution in [2.24, 2.45) is 0 Å². The minimum Gasteiger partial charge on any atom is -0.335 e. The van der Waals surface area contributed by atoms with E-state index in [1.165, 1.54) is 25.9 Å². The summed E-state index contributed by atoms with van der Waals surface area (Å²) in [5.74, 6) is 0.179. The lowest BCUT2D eigenvalue weighted by Crippen LogP contribution is -2.41. The van der Waals surface area contributed by atoms with Crippen molar-refractivity contribution in [3.63, 3.8) is 0 Å². The van der Waals surface area contributed by atoms with E-state index < -0.39 is 0 Å². The lowest BCUT2D eigenvalue weighted by molar-refractivity contribution is -0.127. The molecular weight excluding hydrogens is 268 g/mol. The highest BCUT2D eigenvalue weighted by atomic mass is 32.1. The number of hydrogen-bond donors (Lipinski definition) is 0. The molecule has 0 radical (unpaired) electrons. The van der Waals surface area contributed by atoms with Crippen molar-refractivity contribution in [3.8, 4) is 0 Å². The van der Waals surface area contributed by atoms with Crippen LogP contribution in [0.1, 0.15) is 31.2 Å². The zero-order valence-corrected chi connectivity index (χ0v) is 12.6. The molecule has 20 heavy (non-hydrogen) atoms. The van der Waals surface area contributed by atoms with Gasteiger partial charge in [0, 0.05) is 25.2 Å². The first-order chi connectivity index (χ1) is 9.83. The van der Waals surface area contributed by atoms with Crippen molar-refractivity contribution in [2.75, 3.05) is 26.2 Å². The lowest BCUT2D eigenvalue weighted by atomic mass is 10.2. The molecule has 0 unspecified atom stereocenters. The van der Waals surface area contributed by atoms with Crippen LogP contribution in [0.4, 0.5) is 0 Å². The van der Waals surface area contributed by atoms with E-state index >= 15 is 0 Å². The third-order valence-corrected chi connectivity index (χ3v) is 4.99. The van der Waals surface area contributed by atoms with Gasteiger partial charge < -0.3 is 9.80 Å². The molecular formula is C16H22N2OS. The summed E-state index contributed by atoms with van der Waals surface area (Å²) in [5.41, 5.74) is 1.12. The average molecular weight is 290 g/mol. The molecule has 2 aliphatic rings. The summed E-state index contributed by atoms with van der Waals surface area (Å²) >= 11 is 1.66. The first-order valence-electron chi connectivity index (χ1n) is 7.56. The quantitative estimate of drug-likeness (QED) is 0.796. The molecule has 108 valence electrons. The molecule has 1 amide bonds. The molecule has 1 aromatic rings. The second-order valence-corrected chi connectivity index (χ2v) is 6.51. The zero-order chi connectivity index (χ0) is 13.8. The summed E-state index contributed by atoms with van der Waals surface area (Å²) in [7, 11) is 0. The van der Waals surface area contributed by atoms with E-state index in [0.29, 0.717) is 6.04 Å². The highest BCUT2D eigenvalue weighted by molar-refractivity contribution is 7.08. The first-order valence-corrected chi connectivity index (χ1v) is 8.50. The number of carbonyl (C=O) groups excluding carboxylic acids is 1. The van der Waals surface area contributed by atoms with E-state index in [1.54, 1.807) is 17.4 Å². The highest BCUT2D eigenvalue weighted by Gasteiger charge is 2.29. The average Bonchev–Trinajstić information content (AvgIpc) is 3.19. The van der Waals surface area contributed by atoms with Gasteiger partial charge in [0.15, 0.2) is 0 Å². The van der Waals surface area contributed by atoms with Crippen molar-refractivity contribution in [2.45, 2.75) is 31.7 Å². The molecule has 0 aliphatic carbocycles. The van der Waals surface area contributed by atoms with Crippen LogP contribution in [-0.2, 0) is 4.79 Å². The van der Waals surface area contributed by atoms with Gasteiger partial charge in [-0.05, 0) is 67.2 Å². The summed E-state index contributed by atoms with van der Waals surface area (Å²) in [6.07, 6.45) is 8.62. The van der Waals surface area contributed by atoms with Crippen LogP contribution in [0.5, 0.6) is 0 Å². The van der Waals surface area contributed by atoms with Crippen LogP contribution >= 0.6 is 11.3 Å². The van der Waals surface area contributed by atoms with E-state index in [0.717, 1.165) is 31.5 Å². The van der Waals surface area contributed by atoms with Gasteiger partial charge in [0.1, 0.15) is 0 Å². The monoisotopic (exact) mass is 290 g/mol.